The molecule has 4 N–H and O–H groups in total. The van der Waals surface area contributed by atoms with E-state index in [1.807, 2.05) is 0 Å². The maximum Gasteiger partial charge on any atom is 0.328 e. The lowest BCUT2D eigenvalue weighted by Crippen LogP contribution is -2.52. The van der Waals surface area contributed by atoms with Gasteiger partial charge in [0.05, 0.1) is 6.10 Å². The van der Waals surface area contributed by atoms with Gasteiger partial charge in [0.15, 0.2) is 6.04 Å². The molecule has 1 rings (SSSR count). The molecule has 0 aromatic rings. The van der Waals surface area contributed by atoms with Crippen LogP contribution in [0, 0.1) is 0 Å². The summed E-state index contributed by atoms with van der Waals surface area (Å²) in [6, 6.07) is -2.01. The highest BCUT2D eigenvalue weighted by Crippen LogP contribution is 2.09. The number of rotatable bonds is 4. The van der Waals surface area contributed by atoms with Crippen LogP contribution in [-0.2, 0) is 9.59 Å². The minimum absolute atomic E-state index is 0.113. The van der Waals surface area contributed by atoms with Crippen LogP contribution in [0.1, 0.15) is 20.3 Å². The summed E-state index contributed by atoms with van der Waals surface area (Å²) < 4.78 is 0. The number of hydrogen-bond acceptors (Lipinski definition) is 4. The van der Waals surface area contributed by atoms with Crippen molar-refractivity contribution in [2.24, 2.45) is 0 Å². The van der Waals surface area contributed by atoms with Crippen LogP contribution < -0.4 is 10.6 Å². The molecule has 8 heteroatoms. The second-order valence-corrected chi connectivity index (χ2v) is 4.64. The van der Waals surface area contributed by atoms with Crippen molar-refractivity contribution >= 4 is 17.9 Å². The molecule has 0 aromatic carbocycles. The minimum Gasteiger partial charge on any atom is -0.480 e. The number of likely N-dealkylation sites (tertiary alicyclic amines) is 1. The van der Waals surface area contributed by atoms with E-state index >= 15 is 0 Å². The average Bonchev–Trinajstić information content (AvgIpc) is 2.72. The van der Waals surface area contributed by atoms with Gasteiger partial charge in [-0.3, -0.25) is 4.79 Å². The normalized spacial score (nSPS) is 21.6. The van der Waals surface area contributed by atoms with Crippen LogP contribution in [0.4, 0.5) is 4.79 Å². The lowest BCUT2D eigenvalue weighted by molar-refractivity contribution is -0.141. The fourth-order valence-electron chi connectivity index (χ4n) is 1.96. The summed E-state index contributed by atoms with van der Waals surface area (Å²) >= 11 is 0. The van der Waals surface area contributed by atoms with Crippen LogP contribution in [-0.4, -0.2) is 64.3 Å². The van der Waals surface area contributed by atoms with Crippen LogP contribution in [0.25, 0.3) is 0 Å². The number of nitrogens with zero attached hydrogens (tertiary/aromatic N) is 1. The molecular formula is C11H19N3O5. The third-order valence-corrected chi connectivity index (χ3v) is 2.91. The van der Waals surface area contributed by atoms with Gasteiger partial charge in [-0.15, -0.1) is 0 Å². The first-order chi connectivity index (χ1) is 8.81. The molecule has 1 aliphatic rings. The Morgan fingerprint density at radius 1 is 1.37 bits per heavy atom. The highest BCUT2D eigenvalue weighted by atomic mass is 16.4. The van der Waals surface area contributed by atoms with Crippen LogP contribution in [0.5, 0.6) is 0 Å². The molecule has 19 heavy (non-hydrogen) atoms. The maximum atomic E-state index is 11.8. The van der Waals surface area contributed by atoms with Gasteiger partial charge in [-0.25, -0.2) is 9.59 Å². The second-order valence-electron chi connectivity index (χ2n) is 4.64. The average molecular weight is 273 g/mol. The molecule has 0 radical (unpaired) electrons. The van der Waals surface area contributed by atoms with Gasteiger partial charge < -0.3 is 25.7 Å². The predicted octanol–water partition coefficient (Wildman–Crippen LogP) is -1.26. The highest BCUT2D eigenvalue weighted by molar-refractivity contribution is 5.83. The molecule has 0 bridgehead atoms. The zero-order valence-electron chi connectivity index (χ0n) is 10.9. The van der Waals surface area contributed by atoms with E-state index in [9.17, 15) is 19.5 Å². The number of aliphatic hydroxyl groups is 1. The largest absolute Gasteiger partial charge is 0.480 e. The molecule has 0 aromatic heterocycles. The molecule has 0 aliphatic carbocycles. The monoisotopic (exact) mass is 273 g/mol. The Kier molecular flexibility index (Phi) is 5.11. The van der Waals surface area contributed by atoms with Crippen molar-refractivity contribution in [2.75, 3.05) is 13.1 Å². The van der Waals surface area contributed by atoms with Gasteiger partial charge in [0, 0.05) is 26.1 Å². The van der Waals surface area contributed by atoms with E-state index in [-0.39, 0.29) is 11.9 Å². The van der Waals surface area contributed by atoms with Crippen LogP contribution in [0.3, 0.4) is 0 Å². The topological polar surface area (TPSA) is 119 Å². The SMILES string of the molecule is CC(=O)NC1CCN(C(=O)NC(C(=O)O)C(C)O)C1. The van der Waals surface area contributed by atoms with Crippen molar-refractivity contribution < 1.29 is 24.6 Å². The fourth-order valence-corrected chi connectivity index (χ4v) is 1.96. The van der Waals surface area contributed by atoms with Gasteiger partial charge in [0.2, 0.25) is 5.91 Å². The molecule has 3 unspecified atom stereocenters. The van der Waals surface area contributed by atoms with Crippen LogP contribution >= 0.6 is 0 Å². The molecular weight excluding hydrogens is 254 g/mol. The Morgan fingerprint density at radius 2 is 2.00 bits per heavy atom. The Labute approximate surface area is 110 Å². The standard InChI is InChI=1S/C11H19N3O5/c1-6(15)9(10(17)18)13-11(19)14-4-3-8(5-14)12-7(2)16/h6,8-9,15H,3-5H2,1-2H3,(H,12,16)(H,13,19)(H,17,18). The molecule has 1 heterocycles. The summed E-state index contributed by atoms with van der Waals surface area (Å²) in [4.78, 5) is 35.0. The van der Waals surface area contributed by atoms with Gasteiger partial charge in [-0.2, -0.15) is 0 Å². The molecule has 3 amide bonds. The number of hydrogen-bond donors (Lipinski definition) is 4. The van der Waals surface area contributed by atoms with Crippen LogP contribution in [0.15, 0.2) is 0 Å². The Morgan fingerprint density at radius 3 is 2.47 bits per heavy atom. The van der Waals surface area contributed by atoms with Crippen molar-refractivity contribution in [3.63, 3.8) is 0 Å². The van der Waals surface area contributed by atoms with Gasteiger partial charge in [0.25, 0.3) is 0 Å². The number of carbonyl (C=O) groups excluding carboxylic acids is 2. The lowest BCUT2D eigenvalue weighted by Gasteiger charge is -2.22. The number of carbonyl (C=O) groups is 3. The fraction of sp³-hybridized carbons (Fsp3) is 0.727. The number of carboxylic acids is 1. The van der Waals surface area contributed by atoms with Crippen molar-refractivity contribution in [1.82, 2.24) is 15.5 Å². The minimum atomic E-state index is -1.34. The van der Waals surface area contributed by atoms with E-state index in [2.05, 4.69) is 10.6 Å². The van der Waals surface area contributed by atoms with Gasteiger partial charge in [-0.1, -0.05) is 0 Å². The molecule has 1 saturated heterocycles. The van der Waals surface area contributed by atoms with Gasteiger partial charge in [0.1, 0.15) is 0 Å². The van der Waals surface area contributed by atoms with Crippen molar-refractivity contribution in [1.29, 1.82) is 0 Å². The highest BCUT2D eigenvalue weighted by Gasteiger charge is 2.31. The summed E-state index contributed by atoms with van der Waals surface area (Å²) in [5, 5.41) is 23.1. The number of aliphatic carboxylic acids is 1. The lowest BCUT2D eigenvalue weighted by atomic mass is 10.2. The zero-order valence-corrected chi connectivity index (χ0v) is 10.9. The summed E-state index contributed by atoms with van der Waals surface area (Å²) in [7, 11) is 0. The van der Waals surface area contributed by atoms with E-state index in [4.69, 9.17) is 5.11 Å². The molecule has 1 aliphatic heterocycles. The summed E-state index contributed by atoms with van der Waals surface area (Å²) in [5.41, 5.74) is 0. The first kappa shape index (κ1) is 15.2. The smallest absolute Gasteiger partial charge is 0.328 e. The van der Waals surface area contributed by atoms with Crippen LogP contribution in [0.2, 0.25) is 0 Å². The Hall–Kier alpha value is -1.83. The maximum absolute atomic E-state index is 11.8. The molecule has 1 fully saturated rings. The number of carboxylic acid groups (broad SMARTS) is 1. The summed E-state index contributed by atoms with van der Waals surface area (Å²) in [5.74, 6) is -1.46. The van der Waals surface area contributed by atoms with Crippen molar-refractivity contribution in [3.05, 3.63) is 0 Å². The number of nitrogens with one attached hydrogen (secondary N) is 2. The van der Waals surface area contributed by atoms with Crippen molar-refractivity contribution in [3.8, 4) is 0 Å². The predicted molar refractivity (Wildman–Crippen MR) is 65.4 cm³/mol. The molecule has 0 spiro atoms. The third-order valence-electron chi connectivity index (χ3n) is 2.91. The first-order valence-electron chi connectivity index (χ1n) is 6.04. The molecule has 8 nitrogen and oxygen atoms in total. The Bertz CT molecular complexity index is 371. The zero-order chi connectivity index (χ0) is 14.6. The third kappa shape index (κ3) is 4.40. The van der Waals surface area contributed by atoms with E-state index in [0.717, 1.165) is 0 Å². The van der Waals surface area contributed by atoms with E-state index in [0.29, 0.717) is 19.5 Å². The first-order valence-corrected chi connectivity index (χ1v) is 6.04. The number of amides is 3. The Balaban J connectivity index is 2.51. The molecule has 108 valence electrons. The second kappa shape index (κ2) is 6.37. The molecule has 0 saturated carbocycles. The van der Waals surface area contributed by atoms with E-state index < -0.39 is 24.1 Å². The quantitative estimate of drug-likeness (QED) is 0.510. The van der Waals surface area contributed by atoms with Gasteiger partial charge in [-0.05, 0) is 13.3 Å². The van der Waals surface area contributed by atoms with Crippen molar-refractivity contribution in [2.45, 2.75) is 38.5 Å². The summed E-state index contributed by atoms with van der Waals surface area (Å²) in [6.45, 7) is 3.46. The number of urea groups is 1. The number of aliphatic hydroxyl groups excluding tert-OH is 1. The van der Waals surface area contributed by atoms with E-state index in [1.165, 1.54) is 18.7 Å². The van der Waals surface area contributed by atoms with Gasteiger partial charge >= 0.3 is 12.0 Å². The van der Waals surface area contributed by atoms with E-state index in [1.54, 1.807) is 0 Å². The molecule has 3 atom stereocenters. The summed E-state index contributed by atoms with van der Waals surface area (Å²) in [6.07, 6.45) is -0.561.